The third-order valence-electron chi connectivity index (χ3n) is 3.77. The van der Waals surface area contributed by atoms with E-state index in [0.717, 1.165) is 31.9 Å². The van der Waals surface area contributed by atoms with Crippen LogP contribution in [0.1, 0.15) is 5.69 Å². The number of nitrogens with zero attached hydrogens (tertiary/aromatic N) is 3. The van der Waals surface area contributed by atoms with Crippen LogP contribution in [0.3, 0.4) is 0 Å². The van der Waals surface area contributed by atoms with E-state index in [2.05, 4.69) is 14.8 Å². The van der Waals surface area contributed by atoms with E-state index in [1.165, 1.54) is 6.20 Å². The number of hydrogen-bond acceptors (Lipinski definition) is 5. The van der Waals surface area contributed by atoms with Gasteiger partial charge < -0.3 is 15.6 Å². The Morgan fingerprint density at radius 3 is 2.48 bits per heavy atom. The third-order valence-corrected chi connectivity index (χ3v) is 5.65. The average molecular weight is 315 g/mol. The van der Waals surface area contributed by atoms with Gasteiger partial charge in [-0.05, 0) is 20.2 Å². The second kappa shape index (κ2) is 6.89. The molecule has 1 aromatic heterocycles. The molecule has 8 heteroatoms. The minimum absolute atomic E-state index is 0.310. The smallest absolute Gasteiger partial charge is 0.244 e. The molecule has 0 unspecified atom stereocenters. The Morgan fingerprint density at radius 2 is 1.95 bits per heavy atom. The summed E-state index contributed by atoms with van der Waals surface area (Å²) in [5.74, 6) is 0. The van der Waals surface area contributed by atoms with Crippen LogP contribution in [0.5, 0.6) is 0 Å². The molecule has 0 radical (unpaired) electrons. The first-order valence-electron chi connectivity index (χ1n) is 7.18. The number of aromatic nitrogens is 1. The normalized spacial score (nSPS) is 18.5. The summed E-state index contributed by atoms with van der Waals surface area (Å²) in [6, 6.07) is 1.62. The molecule has 0 bridgehead atoms. The Balaban J connectivity index is 1.94. The molecule has 0 spiro atoms. The van der Waals surface area contributed by atoms with Crippen LogP contribution in [0.4, 0.5) is 0 Å². The maximum Gasteiger partial charge on any atom is 0.244 e. The van der Waals surface area contributed by atoms with Gasteiger partial charge >= 0.3 is 0 Å². The van der Waals surface area contributed by atoms with E-state index in [1.54, 1.807) is 10.4 Å². The molecule has 1 saturated heterocycles. The first-order valence-corrected chi connectivity index (χ1v) is 8.62. The average Bonchev–Trinajstić information content (AvgIpc) is 2.95. The van der Waals surface area contributed by atoms with Gasteiger partial charge in [0.2, 0.25) is 10.0 Å². The molecule has 120 valence electrons. The summed E-state index contributed by atoms with van der Waals surface area (Å²) in [5, 5.41) is 0. The summed E-state index contributed by atoms with van der Waals surface area (Å²) in [6.07, 6.45) is 1.52. The molecule has 21 heavy (non-hydrogen) atoms. The molecule has 0 amide bonds. The Labute approximate surface area is 126 Å². The van der Waals surface area contributed by atoms with Gasteiger partial charge in [0, 0.05) is 57.7 Å². The number of sulfonamides is 1. The molecule has 0 saturated carbocycles. The van der Waals surface area contributed by atoms with E-state index >= 15 is 0 Å². The molecule has 7 nitrogen and oxygen atoms in total. The standard InChI is InChI=1S/C13H25N5O2S/c1-16(2)3-4-17-5-7-18(8-6-17)21(19,20)13-9-12(10-14)15-11-13/h9,11,15H,3-8,10,14H2,1-2H3. The minimum Gasteiger partial charge on any atom is -0.363 e. The van der Waals surface area contributed by atoms with Crippen molar-refractivity contribution >= 4 is 10.0 Å². The van der Waals surface area contributed by atoms with Gasteiger partial charge in [0.15, 0.2) is 0 Å². The molecule has 1 aromatic rings. The fourth-order valence-corrected chi connectivity index (χ4v) is 3.81. The lowest BCUT2D eigenvalue weighted by Crippen LogP contribution is -2.49. The summed E-state index contributed by atoms with van der Waals surface area (Å²) in [5.41, 5.74) is 6.24. The monoisotopic (exact) mass is 315 g/mol. The van der Waals surface area contributed by atoms with Gasteiger partial charge in [-0.15, -0.1) is 0 Å². The van der Waals surface area contributed by atoms with Crippen molar-refractivity contribution in [1.29, 1.82) is 0 Å². The molecular weight excluding hydrogens is 290 g/mol. The second-order valence-electron chi connectivity index (χ2n) is 5.61. The van der Waals surface area contributed by atoms with Crippen molar-refractivity contribution in [3.05, 3.63) is 18.0 Å². The maximum absolute atomic E-state index is 12.5. The molecule has 0 atom stereocenters. The van der Waals surface area contributed by atoms with Gasteiger partial charge in [0.1, 0.15) is 0 Å². The minimum atomic E-state index is -3.40. The molecule has 2 heterocycles. The highest BCUT2D eigenvalue weighted by molar-refractivity contribution is 7.89. The first kappa shape index (κ1) is 16.4. The van der Waals surface area contributed by atoms with Crippen LogP contribution in [0, 0.1) is 0 Å². The first-order chi connectivity index (χ1) is 9.93. The molecular formula is C13H25N5O2S. The highest BCUT2D eigenvalue weighted by Gasteiger charge is 2.28. The highest BCUT2D eigenvalue weighted by atomic mass is 32.2. The number of nitrogens with two attached hydrogens (primary N) is 1. The van der Waals surface area contributed by atoms with E-state index in [9.17, 15) is 8.42 Å². The number of likely N-dealkylation sites (N-methyl/N-ethyl adjacent to an activating group) is 1. The molecule has 2 rings (SSSR count). The van der Waals surface area contributed by atoms with Crippen molar-refractivity contribution in [3.63, 3.8) is 0 Å². The zero-order valence-corrected chi connectivity index (χ0v) is 13.6. The van der Waals surface area contributed by atoms with E-state index in [0.29, 0.717) is 24.5 Å². The van der Waals surface area contributed by atoms with Gasteiger partial charge in [-0.2, -0.15) is 4.31 Å². The van der Waals surface area contributed by atoms with Crippen molar-refractivity contribution < 1.29 is 8.42 Å². The largest absolute Gasteiger partial charge is 0.363 e. The van der Waals surface area contributed by atoms with Gasteiger partial charge in [-0.25, -0.2) is 8.42 Å². The number of H-pyrrole nitrogens is 1. The fraction of sp³-hybridized carbons (Fsp3) is 0.692. The zero-order chi connectivity index (χ0) is 15.5. The molecule has 1 aliphatic rings. The summed E-state index contributed by atoms with van der Waals surface area (Å²) < 4.78 is 26.6. The van der Waals surface area contributed by atoms with Crippen LogP contribution in [-0.4, -0.2) is 80.9 Å². The summed E-state index contributed by atoms with van der Waals surface area (Å²) in [6.45, 7) is 4.92. The van der Waals surface area contributed by atoms with Crippen LogP contribution in [0.2, 0.25) is 0 Å². The van der Waals surface area contributed by atoms with Gasteiger partial charge in [-0.1, -0.05) is 0 Å². The highest BCUT2D eigenvalue weighted by Crippen LogP contribution is 2.18. The summed E-state index contributed by atoms with van der Waals surface area (Å²) >= 11 is 0. The van der Waals surface area contributed by atoms with Crippen molar-refractivity contribution in [3.8, 4) is 0 Å². The molecule has 0 aliphatic carbocycles. The van der Waals surface area contributed by atoms with Gasteiger partial charge in [0.25, 0.3) is 0 Å². The molecule has 0 aromatic carbocycles. The SMILES string of the molecule is CN(C)CCN1CCN(S(=O)(=O)c2c[nH]c(CN)c2)CC1. The zero-order valence-electron chi connectivity index (χ0n) is 12.7. The summed E-state index contributed by atoms with van der Waals surface area (Å²) in [7, 11) is 0.690. The Kier molecular flexibility index (Phi) is 5.39. The van der Waals surface area contributed by atoms with E-state index in [1.807, 2.05) is 14.1 Å². The lowest BCUT2D eigenvalue weighted by molar-refractivity contribution is 0.174. The molecule has 1 fully saturated rings. The maximum atomic E-state index is 12.5. The number of aromatic amines is 1. The Bertz CT molecular complexity index is 547. The Morgan fingerprint density at radius 1 is 1.29 bits per heavy atom. The topological polar surface area (TPSA) is 85.7 Å². The quantitative estimate of drug-likeness (QED) is 0.728. The van der Waals surface area contributed by atoms with E-state index < -0.39 is 10.0 Å². The van der Waals surface area contributed by atoms with Crippen LogP contribution in [-0.2, 0) is 16.6 Å². The lowest BCUT2D eigenvalue weighted by atomic mass is 10.3. The Hall–Kier alpha value is -0.930. The molecule has 3 N–H and O–H groups in total. The summed E-state index contributed by atoms with van der Waals surface area (Å²) in [4.78, 5) is 7.64. The number of rotatable bonds is 6. The predicted molar refractivity (Wildman–Crippen MR) is 82.4 cm³/mol. The van der Waals surface area contributed by atoms with Gasteiger partial charge in [-0.3, -0.25) is 4.90 Å². The number of piperazine rings is 1. The van der Waals surface area contributed by atoms with Crippen LogP contribution >= 0.6 is 0 Å². The fourth-order valence-electron chi connectivity index (χ4n) is 2.37. The molecule has 1 aliphatic heterocycles. The van der Waals surface area contributed by atoms with E-state index in [4.69, 9.17) is 5.73 Å². The van der Waals surface area contributed by atoms with Crippen LogP contribution < -0.4 is 5.73 Å². The lowest BCUT2D eigenvalue weighted by Gasteiger charge is -2.34. The van der Waals surface area contributed by atoms with Crippen LogP contribution in [0.25, 0.3) is 0 Å². The number of hydrogen-bond donors (Lipinski definition) is 2. The van der Waals surface area contributed by atoms with Crippen molar-refractivity contribution in [1.82, 2.24) is 19.1 Å². The predicted octanol–water partition coefficient (Wildman–Crippen LogP) is -0.659. The van der Waals surface area contributed by atoms with E-state index in [-0.39, 0.29) is 0 Å². The third kappa shape index (κ3) is 4.04. The second-order valence-corrected chi connectivity index (χ2v) is 7.55. The number of nitrogens with one attached hydrogen (secondary N) is 1. The van der Waals surface area contributed by atoms with Crippen molar-refractivity contribution in [2.75, 3.05) is 53.4 Å². The van der Waals surface area contributed by atoms with Gasteiger partial charge in [0.05, 0.1) is 4.90 Å². The van der Waals surface area contributed by atoms with Crippen molar-refractivity contribution in [2.24, 2.45) is 5.73 Å². The van der Waals surface area contributed by atoms with Crippen molar-refractivity contribution in [2.45, 2.75) is 11.4 Å². The van der Waals surface area contributed by atoms with Crippen LogP contribution in [0.15, 0.2) is 17.2 Å².